The van der Waals surface area contributed by atoms with Gasteiger partial charge in [0.25, 0.3) is 5.91 Å². The molecular weight excluding hydrogens is 644 g/mol. The van der Waals surface area contributed by atoms with E-state index in [-0.39, 0.29) is 25.5 Å². The molecule has 0 saturated heterocycles. The fourth-order valence-corrected chi connectivity index (χ4v) is 5.14. The van der Waals surface area contributed by atoms with Gasteiger partial charge in [-0.25, -0.2) is 19.2 Å². The lowest BCUT2D eigenvalue weighted by Crippen LogP contribution is -2.52. The average Bonchev–Trinajstić information content (AvgIpc) is 3.45. The molecule has 1 aliphatic rings. The first kappa shape index (κ1) is 32.0. The summed E-state index contributed by atoms with van der Waals surface area (Å²) >= 11 is 3.48. The molecule has 1 aliphatic heterocycles. The molecular formula is C35H32BrF2N3O4. The van der Waals surface area contributed by atoms with Crippen molar-refractivity contribution >= 4 is 33.8 Å². The van der Waals surface area contributed by atoms with Crippen LogP contribution in [-0.4, -0.2) is 35.7 Å². The summed E-state index contributed by atoms with van der Waals surface area (Å²) in [5, 5.41) is 9.03. The van der Waals surface area contributed by atoms with Crippen LogP contribution in [0.5, 0.6) is 5.75 Å². The topological polar surface area (TPSA) is 92.2 Å². The van der Waals surface area contributed by atoms with Crippen molar-refractivity contribution in [3.8, 4) is 5.75 Å². The van der Waals surface area contributed by atoms with Gasteiger partial charge in [-0.3, -0.25) is 10.2 Å². The first-order valence-electron chi connectivity index (χ1n) is 14.4. The van der Waals surface area contributed by atoms with Crippen LogP contribution >= 0.6 is 15.9 Å². The number of amides is 1. The minimum absolute atomic E-state index is 0.0404. The van der Waals surface area contributed by atoms with E-state index >= 15 is 0 Å². The number of aliphatic imine (C=N–C) groups is 1. The van der Waals surface area contributed by atoms with Gasteiger partial charge in [0, 0.05) is 36.0 Å². The molecule has 3 N–H and O–H groups in total. The van der Waals surface area contributed by atoms with Gasteiger partial charge >= 0.3 is 0 Å². The lowest BCUT2D eigenvalue weighted by atomic mass is 9.84. The fourth-order valence-electron chi connectivity index (χ4n) is 4.88. The summed E-state index contributed by atoms with van der Waals surface area (Å²) in [5.41, 5.74) is 6.96. The first-order chi connectivity index (χ1) is 21.9. The Bertz CT molecular complexity index is 1650. The normalized spacial score (nSPS) is 17.6. The third-order valence-electron chi connectivity index (χ3n) is 7.22. The quantitative estimate of drug-likeness (QED) is 0.109. The number of benzene rings is 4. The van der Waals surface area contributed by atoms with E-state index in [4.69, 9.17) is 19.6 Å². The molecule has 4 aromatic rings. The van der Waals surface area contributed by atoms with E-state index in [1.807, 2.05) is 66.7 Å². The Balaban J connectivity index is 1.48. The summed E-state index contributed by atoms with van der Waals surface area (Å²) < 4.78 is 40.2. The standard InChI is InChI=1S/C35H32BrF2N3O4/c36-28-14-10-26(11-15-28)32-35(19-4-8-24-6-2-1-3-7-24,34(43)41-39-23-25-9-18-30(37)31(38)22-25)40-33(45-32)27-12-16-29(17-13-27)44-21-5-20-42/h1-4,6-18,22,32,39,42H,5,19-21,23H2,(H,41,43)/b8-4+/t32-,35-/m0/s1. The molecule has 7 nitrogen and oxygen atoms in total. The van der Waals surface area contributed by atoms with Gasteiger partial charge in [0.2, 0.25) is 5.90 Å². The number of carbonyl (C=O) groups excluding carboxylic acids is 1. The van der Waals surface area contributed by atoms with Crippen LogP contribution in [-0.2, 0) is 16.1 Å². The summed E-state index contributed by atoms with van der Waals surface area (Å²) in [5.74, 6) is -1.46. The van der Waals surface area contributed by atoms with Gasteiger partial charge in [-0.15, -0.1) is 0 Å². The molecule has 0 fully saturated rings. The van der Waals surface area contributed by atoms with Crippen molar-refractivity contribution in [2.45, 2.75) is 31.0 Å². The van der Waals surface area contributed by atoms with Crippen LogP contribution in [0.2, 0.25) is 0 Å². The van der Waals surface area contributed by atoms with E-state index in [0.717, 1.165) is 27.7 Å². The van der Waals surface area contributed by atoms with Crippen molar-refractivity contribution in [1.29, 1.82) is 0 Å². The minimum atomic E-state index is -1.44. The second kappa shape index (κ2) is 15.1. The number of carbonyl (C=O) groups is 1. The zero-order chi connectivity index (χ0) is 31.6. The van der Waals surface area contributed by atoms with Gasteiger partial charge in [-0.1, -0.05) is 76.6 Å². The predicted octanol–water partition coefficient (Wildman–Crippen LogP) is 6.67. The van der Waals surface area contributed by atoms with Crippen LogP contribution in [0.3, 0.4) is 0 Å². The SMILES string of the molecule is O=C(NNCc1ccc(F)c(F)c1)[C@@]1(C/C=C/c2ccccc2)N=C(c2ccc(OCCCO)cc2)O[C@H]1c1ccc(Br)cc1. The van der Waals surface area contributed by atoms with Gasteiger partial charge in [0.15, 0.2) is 23.3 Å². The maximum atomic E-state index is 14.2. The Morgan fingerprint density at radius 1 is 1.00 bits per heavy atom. The number of halogens is 3. The molecule has 0 spiro atoms. The zero-order valence-corrected chi connectivity index (χ0v) is 25.8. The highest BCUT2D eigenvalue weighted by atomic mass is 79.9. The molecule has 45 heavy (non-hydrogen) atoms. The molecule has 2 atom stereocenters. The summed E-state index contributed by atoms with van der Waals surface area (Å²) in [6.07, 6.45) is 3.72. The van der Waals surface area contributed by atoms with Crippen LogP contribution in [0.15, 0.2) is 113 Å². The van der Waals surface area contributed by atoms with Crippen LogP contribution in [0.25, 0.3) is 6.08 Å². The molecule has 0 aromatic heterocycles. The molecule has 0 bridgehead atoms. The lowest BCUT2D eigenvalue weighted by Gasteiger charge is -2.30. The molecule has 10 heteroatoms. The van der Waals surface area contributed by atoms with E-state index in [0.29, 0.717) is 29.9 Å². The second-order valence-electron chi connectivity index (χ2n) is 10.4. The fraction of sp³-hybridized carbons (Fsp3) is 0.200. The number of hydrogen-bond donors (Lipinski definition) is 3. The molecule has 1 amide bonds. The average molecular weight is 677 g/mol. The highest BCUT2D eigenvalue weighted by molar-refractivity contribution is 9.10. The number of ether oxygens (including phenoxy) is 2. The Labute approximate surface area is 268 Å². The number of hydrazine groups is 1. The van der Waals surface area contributed by atoms with Crippen LogP contribution in [0.1, 0.15) is 41.2 Å². The minimum Gasteiger partial charge on any atom is -0.494 e. The number of aliphatic hydroxyl groups is 1. The predicted molar refractivity (Wildman–Crippen MR) is 172 cm³/mol. The van der Waals surface area contributed by atoms with Crippen molar-refractivity contribution < 1.29 is 28.2 Å². The number of nitrogens with one attached hydrogen (secondary N) is 2. The Morgan fingerprint density at radius 3 is 2.47 bits per heavy atom. The molecule has 4 aromatic carbocycles. The summed E-state index contributed by atoms with van der Waals surface area (Å²) in [4.78, 5) is 19.1. The maximum absolute atomic E-state index is 14.2. The molecule has 0 saturated carbocycles. The number of rotatable bonds is 13. The highest BCUT2D eigenvalue weighted by Gasteiger charge is 2.52. The maximum Gasteiger partial charge on any atom is 0.266 e. The Morgan fingerprint density at radius 2 is 1.76 bits per heavy atom. The van der Waals surface area contributed by atoms with E-state index < -0.39 is 29.2 Å². The van der Waals surface area contributed by atoms with Gasteiger partial charge in [-0.05, 0) is 65.2 Å². The smallest absolute Gasteiger partial charge is 0.266 e. The zero-order valence-electron chi connectivity index (χ0n) is 24.3. The largest absolute Gasteiger partial charge is 0.494 e. The molecule has 1 heterocycles. The van der Waals surface area contributed by atoms with Crippen molar-refractivity contribution in [2.24, 2.45) is 4.99 Å². The van der Waals surface area contributed by atoms with E-state index in [1.54, 1.807) is 24.3 Å². The van der Waals surface area contributed by atoms with Crippen molar-refractivity contribution in [3.63, 3.8) is 0 Å². The highest BCUT2D eigenvalue weighted by Crippen LogP contribution is 2.43. The summed E-state index contributed by atoms with van der Waals surface area (Å²) in [7, 11) is 0. The number of hydrogen-bond acceptors (Lipinski definition) is 6. The number of aliphatic hydroxyl groups excluding tert-OH is 1. The molecule has 232 valence electrons. The van der Waals surface area contributed by atoms with Crippen LogP contribution < -0.4 is 15.6 Å². The van der Waals surface area contributed by atoms with Gasteiger partial charge in [-0.2, -0.15) is 0 Å². The van der Waals surface area contributed by atoms with Crippen molar-refractivity contribution in [1.82, 2.24) is 10.9 Å². The van der Waals surface area contributed by atoms with Gasteiger partial charge < -0.3 is 14.6 Å². The van der Waals surface area contributed by atoms with Gasteiger partial charge in [0.05, 0.1) is 6.61 Å². The third kappa shape index (κ3) is 8.02. The molecule has 5 rings (SSSR count). The van der Waals surface area contributed by atoms with Crippen LogP contribution in [0, 0.1) is 11.6 Å². The first-order valence-corrected chi connectivity index (χ1v) is 15.2. The second-order valence-corrected chi connectivity index (χ2v) is 11.3. The third-order valence-corrected chi connectivity index (χ3v) is 7.75. The summed E-state index contributed by atoms with van der Waals surface area (Å²) in [6.45, 7) is 0.475. The van der Waals surface area contributed by atoms with Crippen molar-refractivity contribution in [2.75, 3.05) is 13.2 Å². The molecule has 0 unspecified atom stereocenters. The van der Waals surface area contributed by atoms with E-state index in [9.17, 15) is 13.6 Å². The lowest BCUT2D eigenvalue weighted by molar-refractivity contribution is -0.129. The molecule has 0 radical (unpaired) electrons. The van der Waals surface area contributed by atoms with Crippen LogP contribution in [0.4, 0.5) is 8.78 Å². The van der Waals surface area contributed by atoms with Gasteiger partial charge in [0.1, 0.15) is 5.75 Å². The van der Waals surface area contributed by atoms with E-state index in [2.05, 4.69) is 26.8 Å². The Kier molecular flexibility index (Phi) is 10.7. The Hall–Kier alpha value is -4.38. The van der Waals surface area contributed by atoms with E-state index in [1.165, 1.54) is 6.07 Å². The molecule has 0 aliphatic carbocycles. The van der Waals surface area contributed by atoms with Crippen molar-refractivity contribution in [3.05, 3.63) is 141 Å². The summed E-state index contributed by atoms with van der Waals surface area (Å²) in [6, 6.07) is 27.9. The number of nitrogens with zero attached hydrogens (tertiary/aromatic N) is 1. The monoisotopic (exact) mass is 675 g/mol.